The standard InChI is InChI=1S/C9H16O3/c1-5(2)8-6(10)3-4-7(11)9(8)12/h6-12H,1,3-4H2,2H3/t6-,7+,8+,9+/m1/s1. The minimum Gasteiger partial charge on any atom is -0.392 e. The Morgan fingerprint density at radius 1 is 1.17 bits per heavy atom. The Balaban J connectivity index is 2.71. The van der Waals surface area contributed by atoms with Gasteiger partial charge in [0.2, 0.25) is 0 Å². The summed E-state index contributed by atoms with van der Waals surface area (Å²) in [6.07, 6.45) is -1.12. The van der Waals surface area contributed by atoms with Crippen LogP contribution in [0.1, 0.15) is 19.8 Å². The maximum absolute atomic E-state index is 9.51. The summed E-state index contributed by atoms with van der Waals surface area (Å²) in [5.74, 6) is -0.367. The number of aliphatic hydroxyl groups excluding tert-OH is 3. The molecule has 1 saturated carbocycles. The second kappa shape index (κ2) is 3.56. The average molecular weight is 172 g/mol. The Hall–Kier alpha value is -0.380. The molecule has 3 heteroatoms. The van der Waals surface area contributed by atoms with E-state index in [0.717, 1.165) is 5.57 Å². The van der Waals surface area contributed by atoms with Crippen LogP contribution in [0.4, 0.5) is 0 Å². The van der Waals surface area contributed by atoms with Gasteiger partial charge in [0.05, 0.1) is 18.3 Å². The molecule has 0 bridgehead atoms. The second-order valence-electron chi connectivity index (χ2n) is 3.57. The van der Waals surface area contributed by atoms with E-state index in [0.29, 0.717) is 12.8 Å². The lowest BCUT2D eigenvalue weighted by molar-refractivity contribution is -0.0820. The van der Waals surface area contributed by atoms with Gasteiger partial charge in [-0.25, -0.2) is 0 Å². The van der Waals surface area contributed by atoms with Crippen molar-refractivity contribution in [2.24, 2.45) is 5.92 Å². The first-order valence-corrected chi connectivity index (χ1v) is 4.23. The number of rotatable bonds is 1. The lowest BCUT2D eigenvalue weighted by atomic mass is 9.79. The highest BCUT2D eigenvalue weighted by Crippen LogP contribution is 2.29. The van der Waals surface area contributed by atoms with Crippen molar-refractivity contribution in [3.05, 3.63) is 12.2 Å². The molecule has 0 aromatic heterocycles. The van der Waals surface area contributed by atoms with Gasteiger partial charge in [0.15, 0.2) is 0 Å². The molecule has 12 heavy (non-hydrogen) atoms. The molecular weight excluding hydrogens is 156 g/mol. The number of hydrogen-bond donors (Lipinski definition) is 3. The predicted molar refractivity (Wildman–Crippen MR) is 45.6 cm³/mol. The summed E-state index contributed by atoms with van der Waals surface area (Å²) in [4.78, 5) is 0. The Labute approximate surface area is 72.3 Å². The Bertz CT molecular complexity index is 179. The van der Waals surface area contributed by atoms with Crippen LogP contribution in [-0.2, 0) is 0 Å². The molecule has 0 heterocycles. The zero-order valence-corrected chi connectivity index (χ0v) is 7.27. The summed E-state index contributed by atoms with van der Waals surface area (Å²) in [7, 11) is 0. The minimum absolute atomic E-state index is 0.367. The smallest absolute Gasteiger partial charge is 0.0888 e. The molecule has 4 atom stereocenters. The Morgan fingerprint density at radius 3 is 2.08 bits per heavy atom. The van der Waals surface area contributed by atoms with Gasteiger partial charge >= 0.3 is 0 Å². The van der Waals surface area contributed by atoms with Gasteiger partial charge in [0, 0.05) is 5.92 Å². The molecule has 0 amide bonds. The Kier molecular flexibility index (Phi) is 2.88. The largest absolute Gasteiger partial charge is 0.392 e. The van der Waals surface area contributed by atoms with Crippen molar-refractivity contribution in [3.8, 4) is 0 Å². The third kappa shape index (κ3) is 1.68. The van der Waals surface area contributed by atoms with Crippen molar-refractivity contribution in [1.29, 1.82) is 0 Å². The molecule has 0 spiro atoms. The summed E-state index contributed by atoms with van der Waals surface area (Å²) < 4.78 is 0. The summed E-state index contributed by atoms with van der Waals surface area (Å²) in [5.41, 5.74) is 0.730. The van der Waals surface area contributed by atoms with Crippen molar-refractivity contribution in [2.75, 3.05) is 0 Å². The molecule has 70 valence electrons. The van der Waals surface area contributed by atoms with Crippen LogP contribution in [0.25, 0.3) is 0 Å². The first kappa shape index (κ1) is 9.71. The first-order chi connectivity index (χ1) is 5.54. The van der Waals surface area contributed by atoms with E-state index in [4.69, 9.17) is 0 Å². The molecule has 0 aromatic carbocycles. The molecule has 0 radical (unpaired) electrons. The van der Waals surface area contributed by atoms with Gasteiger partial charge in [-0.15, -0.1) is 0 Å². The molecule has 1 fully saturated rings. The van der Waals surface area contributed by atoms with Gasteiger partial charge in [-0.2, -0.15) is 0 Å². The van der Waals surface area contributed by atoms with E-state index in [1.807, 2.05) is 0 Å². The zero-order chi connectivity index (χ0) is 9.30. The maximum Gasteiger partial charge on any atom is 0.0888 e. The van der Waals surface area contributed by atoms with E-state index >= 15 is 0 Å². The van der Waals surface area contributed by atoms with Gasteiger partial charge in [-0.1, -0.05) is 12.2 Å². The van der Waals surface area contributed by atoms with Crippen molar-refractivity contribution < 1.29 is 15.3 Å². The van der Waals surface area contributed by atoms with E-state index in [-0.39, 0.29) is 5.92 Å². The summed E-state index contributed by atoms with van der Waals surface area (Å²) >= 11 is 0. The van der Waals surface area contributed by atoms with Crippen LogP contribution in [0.3, 0.4) is 0 Å². The molecule has 3 nitrogen and oxygen atoms in total. The zero-order valence-electron chi connectivity index (χ0n) is 7.27. The molecule has 3 N–H and O–H groups in total. The fourth-order valence-corrected chi connectivity index (χ4v) is 1.78. The Morgan fingerprint density at radius 2 is 1.67 bits per heavy atom. The SMILES string of the molecule is C=C(C)[C@@H]1[C@@H](O)[C@@H](O)CC[C@H]1O. The molecule has 0 aliphatic heterocycles. The third-order valence-electron chi connectivity index (χ3n) is 2.50. The van der Waals surface area contributed by atoms with Gasteiger partial charge in [0.25, 0.3) is 0 Å². The highest BCUT2D eigenvalue weighted by molar-refractivity contribution is 5.06. The molecule has 1 rings (SSSR count). The van der Waals surface area contributed by atoms with Crippen LogP contribution < -0.4 is 0 Å². The van der Waals surface area contributed by atoms with Crippen LogP contribution in [0.2, 0.25) is 0 Å². The summed E-state index contributed by atoms with van der Waals surface area (Å²) in [5, 5.41) is 28.3. The third-order valence-corrected chi connectivity index (χ3v) is 2.50. The fraction of sp³-hybridized carbons (Fsp3) is 0.778. The molecular formula is C9H16O3. The number of aliphatic hydroxyl groups is 3. The average Bonchev–Trinajstić information content (AvgIpc) is 1.97. The quantitative estimate of drug-likeness (QED) is 0.490. The van der Waals surface area contributed by atoms with Gasteiger partial charge in [0.1, 0.15) is 0 Å². The van der Waals surface area contributed by atoms with Crippen LogP contribution >= 0.6 is 0 Å². The highest BCUT2D eigenvalue weighted by Gasteiger charge is 2.36. The van der Waals surface area contributed by atoms with Crippen molar-refractivity contribution >= 4 is 0 Å². The van der Waals surface area contributed by atoms with E-state index in [1.165, 1.54) is 0 Å². The van der Waals surface area contributed by atoms with Gasteiger partial charge in [-0.05, 0) is 19.8 Å². The normalized spacial score (nSPS) is 42.7. The predicted octanol–water partition coefficient (Wildman–Crippen LogP) is 0.0552. The monoisotopic (exact) mass is 172 g/mol. The van der Waals surface area contributed by atoms with Gasteiger partial charge < -0.3 is 15.3 Å². The van der Waals surface area contributed by atoms with Crippen LogP contribution in [0, 0.1) is 5.92 Å². The second-order valence-corrected chi connectivity index (χ2v) is 3.57. The van der Waals surface area contributed by atoms with E-state index in [1.54, 1.807) is 6.92 Å². The highest BCUT2D eigenvalue weighted by atomic mass is 16.3. The lowest BCUT2D eigenvalue weighted by Crippen LogP contribution is -2.45. The van der Waals surface area contributed by atoms with Crippen LogP contribution in [-0.4, -0.2) is 33.6 Å². The maximum atomic E-state index is 9.51. The van der Waals surface area contributed by atoms with Crippen LogP contribution in [0.5, 0.6) is 0 Å². The van der Waals surface area contributed by atoms with Gasteiger partial charge in [-0.3, -0.25) is 0 Å². The lowest BCUT2D eigenvalue weighted by Gasteiger charge is -2.36. The van der Waals surface area contributed by atoms with Crippen molar-refractivity contribution in [1.82, 2.24) is 0 Å². The van der Waals surface area contributed by atoms with Crippen molar-refractivity contribution in [3.63, 3.8) is 0 Å². The fourth-order valence-electron chi connectivity index (χ4n) is 1.78. The molecule has 1 aliphatic rings. The molecule has 0 unspecified atom stereocenters. The topological polar surface area (TPSA) is 60.7 Å². The minimum atomic E-state index is -0.855. The van der Waals surface area contributed by atoms with E-state index < -0.39 is 18.3 Å². The number of hydrogen-bond acceptors (Lipinski definition) is 3. The van der Waals surface area contributed by atoms with Crippen molar-refractivity contribution in [2.45, 2.75) is 38.1 Å². The van der Waals surface area contributed by atoms with Crippen LogP contribution in [0.15, 0.2) is 12.2 Å². The summed E-state index contributed by atoms with van der Waals surface area (Å²) in [6.45, 7) is 5.44. The van der Waals surface area contributed by atoms with E-state index in [9.17, 15) is 15.3 Å². The molecule has 1 aliphatic carbocycles. The first-order valence-electron chi connectivity index (χ1n) is 4.23. The summed E-state index contributed by atoms with van der Waals surface area (Å²) in [6, 6.07) is 0. The van der Waals surface area contributed by atoms with E-state index in [2.05, 4.69) is 6.58 Å². The molecule has 0 saturated heterocycles. The molecule has 0 aromatic rings.